The zero-order chi connectivity index (χ0) is 18.4. The number of carbonyl (C=O) groups is 2. The molecule has 1 aromatic rings. The minimum atomic E-state index is -1.14. The minimum Gasteiger partial charge on any atom is -0.453 e. The van der Waals surface area contributed by atoms with Crippen molar-refractivity contribution in [3.8, 4) is 0 Å². The van der Waals surface area contributed by atoms with Crippen molar-refractivity contribution in [2.45, 2.75) is 50.4 Å². The number of ether oxygens (including phenoxy) is 4. The molecule has 0 radical (unpaired) electrons. The largest absolute Gasteiger partial charge is 0.453 e. The summed E-state index contributed by atoms with van der Waals surface area (Å²) in [4.78, 5) is 22.8. The summed E-state index contributed by atoms with van der Waals surface area (Å²) in [6.07, 6.45) is -3.51. The second-order valence-electron chi connectivity index (χ2n) is 5.59. The third-order valence-corrected chi connectivity index (χ3v) is 4.43. The van der Waals surface area contributed by atoms with E-state index in [1.54, 1.807) is 0 Å². The van der Waals surface area contributed by atoms with Crippen molar-refractivity contribution in [2.24, 2.45) is 0 Å². The Kier molecular flexibility index (Phi) is 7.50. The SMILES string of the molecule is CC(=O)O[C@H]1O[C@H](CCl)[C@@H](Cl)[C@H](OCc2ccccc2)[C@H]1OC(C)=O. The van der Waals surface area contributed by atoms with Crippen molar-refractivity contribution in [1.29, 1.82) is 0 Å². The van der Waals surface area contributed by atoms with Gasteiger partial charge in [0, 0.05) is 13.8 Å². The van der Waals surface area contributed by atoms with Gasteiger partial charge in [-0.05, 0) is 5.56 Å². The molecule has 0 N–H and O–H groups in total. The predicted octanol–water partition coefficient (Wildman–Crippen LogP) is 2.64. The molecule has 6 nitrogen and oxygen atoms in total. The first kappa shape index (κ1) is 20.0. The Morgan fingerprint density at radius 2 is 1.72 bits per heavy atom. The average molecular weight is 391 g/mol. The second-order valence-corrected chi connectivity index (χ2v) is 6.40. The first-order valence-corrected chi connectivity index (χ1v) is 8.75. The van der Waals surface area contributed by atoms with Gasteiger partial charge in [-0.25, -0.2) is 0 Å². The van der Waals surface area contributed by atoms with Gasteiger partial charge in [0.05, 0.1) is 24.0 Å². The van der Waals surface area contributed by atoms with Crippen LogP contribution < -0.4 is 0 Å². The van der Waals surface area contributed by atoms with Gasteiger partial charge in [-0.3, -0.25) is 9.59 Å². The third-order valence-electron chi connectivity index (χ3n) is 3.59. The molecule has 0 aliphatic carbocycles. The Bertz CT molecular complexity index is 582. The number of carbonyl (C=O) groups excluding carboxylic acids is 2. The van der Waals surface area contributed by atoms with Crippen LogP contribution in [0.1, 0.15) is 19.4 Å². The summed E-state index contributed by atoms with van der Waals surface area (Å²) in [6, 6.07) is 9.45. The average Bonchev–Trinajstić information content (AvgIpc) is 2.57. The molecule has 1 aliphatic heterocycles. The molecule has 1 fully saturated rings. The molecule has 0 spiro atoms. The van der Waals surface area contributed by atoms with E-state index in [-0.39, 0.29) is 12.5 Å². The Balaban J connectivity index is 2.20. The monoisotopic (exact) mass is 390 g/mol. The quantitative estimate of drug-likeness (QED) is 0.549. The van der Waals surface area contributed by atoms with Crippen LogP contribution in [0.5, 0.6) is 0 Å². The summed E-state index contributed by atoms with van der Waals surface area (Å²) >= 11 is 12.3. The molecule has 0 bridgehead atoms. The number of hydrogen-bond acceptors (Lipinski definition) is 6. The van der Waals surface area contributed by atoms with E-state index in [1.165, 1.54) is 13.8 Å². The van der Waals surface area contributed by atoms with Gasteiger partial charge in [0.25, 0.3) is 0 Å². The lowest BCUT2D eigenvalue weighted by Gasteiger charge is -2.42. The van der Waals surface area contributed by atoms with Gasteiger partial charge in [-0.1, -0.05) is 30.3 Å². The van der Waals surface area contributed by atoms with E-state index in [4.69, 9.17) is 42.1 Å². The van der Waals surface area contributed by atoms with Crippen LogP contribution in [0.15, 0.2) is 30.3 Å². The standard InChI is InChI=1S/C17H20Cl2O6/c1-10(20)23-16-15(22-9-12-6-4-3-5-7-12)14(19)13(8-18)25-17(16)24-11(2)21/h3-7,13-17H,8-9H2,1-2H3/t13-,14-,15+,16-,17+/m1/s1. The molecule has 138 valence electrons. The first-order valence-electron chi connectivity index (χ1n) is 7.77. The second kappa shape index (κ2) is 9.38. The third kappa shape index (κ3) is 5.57. The Hall–Kier alpha value is -1.34. The predicted molar refractivity (Wildman–Crippen MR) is 91.4 cm³/mol. The number of esters is 2. The van der Waals surface area contributed by atoms with Crippen molar-refractivity contribution in [1.82, 2.24) is 0 Å². The fraction of sp³-hybridized carbons (Fsp3) is 0.529. The number of alkyl halides is 2. The van der Waals surface area contributed by atoms with Crippen molar-refractivity contribution in [3.05, 3.63) is 35.9 Å². The summed E-state index contributed by atoms with van der Waals surface area (Å²) < 4.78 is 21.9. The summed E-state index contributed by atoms with van der Waals surface area (Å²) in [5.41, 5.74) is 0.922. The highest BCUT2D eigenvalue weighted by Gasteiger charge is 2.49. The van der Waals surface area contributed by atoms with E-state index in [0.29, 0.717) is 0 Å². The van der Waals surface area contributed by atoms with Gasteiger partial charge >= 0.3 is 11.9 Å². The molecular weight excluding hydrogens is 371 g/mol. The molecular formula is C17H20Cl2O6. The molecule has 8 heteroatoms. The van der Waals surface area contributed by atoms with Crippen molar-refractivity contribution < 1.29 is 28.5 Å². The number of hydrogen-bond donors (Lipinski definition) is 0. The Morgan fingerprint density at radius 3 is 2.28 bits per heavy atom. The molecule has 0 aromatic heterocycles. The van der Waals surface area contributed by atoms with Crippen LogP contribution in [0.3, 0.4) is 0 Å². The topological polar surface area (TPSA) is 71.1 Å². The van der Waals surface area contributed by atoms with Gasteiger partial charge < -0.3 is 18.9 Å². The number of halogens is 2. The van der Waals surface area contributed by atoms with Crippen LogP contribution in [-0.2, 0) is 35.1 Å². The lowest BCUT2D eigenvalue weighted by molar-refractivity contribution is -0.266. The van der Waals surface area contributed by atoms with E-state index in [1.807, 2.05) is 30.3 Å². The smallest absolute Gasteiger partial charge is 0.305 e. The molecule has 1 aliphatic rings. The van der Waals surface area contributed by atoms with Gasteiger partial charge in [-0.15, -0.1) is 23.2 Å². The molecule has 1 saturated heterocycles. The van der Waals surface area contributed by atoms with Crippen molar-refractivity contribution >= 4 is 35.1 Å². The molecule has 0 unspecified atom stereocenters. The highest BCUT2D eigenvalue weighted by Crippen LogP contribution is 2.31. The fourth-order valence-corrected chi connectivity index (χ4v) is 3.24. The van der Waals surface area contributed by atoms with E-state index < -0.39 is 41.9 Å². The molecule has 1 heterocycles. The summed E-state index contributed by atoms with van der Waals surface area (Å²) in [5.74, 6) is -1.07. The maximum absolute atomic E-state index is 11.5. The molecule has 0 amide bonds. The van der Waals surface area contributed by atoms with Crippen LogP contribution in [0, 0.1) is 0 Å². The van der Waals surface area contributed by atoms with E-state index in [2.05, 4.69) is 0 Å². The molecule has 5 atom stereocenters. The van der Waals surface area contributed by atoms with E-state index in [0.717, 1.165) is 5.56 Å². The van der Waals surface area contributed by atoms with Gasteiger partial charge in [-0.2, -0.15) is 0 Å². The maximum Gasteiger partial charge on any atom is 0.305 e. The van der Waals surface area contributed by atoms with E-state index >= 15 is 0 Å². The van der Waals surface area contributed by atoms with Crippen molar-refractivity contribution in [2.75, 3.05) is 5.88 Å². The molecule has 0 saturated carbocycles. The first-order chi connectivity index (χ1) is 11.9. The van der Waals surface area contributed by atoms with Gasteiger partial charge in [0.1, 0.15) is 6.10 Å². The zero-order valence-electron chi connectivity index (χ0n) is 13.9. The van der Waals surface area contributed by atoms with Crippen molar-refractivity contribution in [3.63, 3.8) is 0 Å². The number of rotatable bonds is 6. The summed E-state index contributed by atoms with van der Waals surface area (Å²) in [7, 11) is 0. The molecule has 2 rings (SSSR count). The molecule has 25 heavy (non-hydrogen) atoms. The lowest BCUT2D eigenvalue weighted by atomic mass is 10.0. The highest BCUT2D eigenvalue weighted by molar-refractivity contribution is 6.23. The van der Waals surface area contributed by atoms with Gasteiger partial charge in [0.2, 0.25) is 6.29 Å². The Labute approximate surface area is 156 Å². The summed E-state index contributed by atoms with van der Waals surface area (Å²) in [6.45, 7) is 2.72. The van der Waals surface area contributed by atoms with Crippen LogP contribution in [0.4, 0.5) is 0 Å². The normalized spacial score (nSPS) is 29.0. The lowest BCUT2D eigenvalue weighted by Crippen LogP contribution is -2.59. The molecule has 1 aromatic carbocycles. The maximum atomic E-state index is 11.5. The fourth-order valence-electron chi connectivity index (χ4n) is 2.52. The zero-order valence-corrected chi connectivity index (χ0v) is 15.4. The Morgan fingerprint density at radius 1 is 1.08 bits per heavy atom. The highest BCUT2D eigenvalue weighted by atomic mass is 35.5. The van der Waals surface area contributed by atoms with Crippen LogP contribution in [-0.4, -0.2) is 47.8 Å². The van der Waals surface area contributed by atoms with E-state index in [9.17, 15) is 9.59 Å². The van der Waals surface area contributed by atoms with Crippen LogP contribution in [0.25, 0.3) is 0 Å². The minimum absolute atomic E-state index is 0.0733. The number of benzene rings is 1. The summed E-state index contributed by atoms with van der Waals surface area (Å²) in [5, 5.41) is -0.683. The van der Waals surface area contributed by atoms with Gasteiger partial charge in [0.15, 0.2) is 6.10 Å². The van der Waals surface area contributed by atoms with Crippen LogP contribution in [0.2, 0.25) is 0 Å². The van der Waals surface area contributed by atoms with Crippen LogP contribution >= 0.6 is 23.2 Å².